The second-order valence-corrected chi connectivity index (χ2v) is 6.96. The highest BCUT2D eigenvalue weighted by molar-refractivity contribution is 6.74. The third-order valence-electron chi connectivity index (χ3n) is 4.34. The molecule has 0 aromatic heterocycles. The third-order valence-corrected chi connectivity index (χ3v) is 4.34. The van der Waals surface area contributed by atoms with Crippen LogP contribution in [0.15, 0.2) is 88.3 Å². The minimum Gasteiger partial charge on any atom is -0.318 e. The van der Waals surface area contributed by atoms with Crippen LogP contribution in [0, 0.1) is 0 Å². The number of oxime groups is 3. The van der Waals surface area contributed by atoms with Crippen LogP contribution in [-0.2, 0) is 28.9 Å². The summed E-state index contributed by atoms with van der Waals surface area (Å²) < 4.78 is 0. The normalized spacial score (nSPS) is 12.3. The summed E-state index contributed by atoms with van der Waals surface area (Å²) >= 11 is 0. The molecule has 0 radical (unpaired) electrons. The fraction of sp³-hybridized carbons (Fsp3) is 0.120. The predicted octanol–water partition coefficient (Wildman–Crippen LogP) is 3.99. The van der Waals surface area contributed by atoms with Crippen molar-refractivity contribution < 1.29 is 28.9 Å². The Morgan fingerprint density at radius 1 is 0.588 bits per heavy atom. The highest BCUT2D eigenvalue weighted by Crippen LogP contribution is 2.21. The first-order chi connectivity index (χ1) is 16.4. The van der Waals surface area contributed by atoms with Gasteiger partial charge in [0.15, 0.2) is 5.71 Å². The molecule has 0 aliphatic heterocycles. The number of rotatable bonds is 7. The number of hydrogen-bond donors (Lipinski definition) is 0. The average Bonchev–Trinajstić information content (AvgIpc) is 2.82. The summed E-state index contributed by atoms with van der Waals surface area (Å²) in [5.74, 6) is -2.06. The molecule has 3 rings (SSSR count). The molecule has 34 heavy (non-hydrogen) atoms. The summed E-state index contributed by atoms with van der Waals surface area (Å²) in [6, 6.07) is 21.5. The molecule has 0 atom stereocenters. The van der Waals surface area contributed by atoms with Gasteiger partial charge >= 0.3 is 17.9 Å². The van der Waals surface area contributed by atoms with Gasteiger partial charge in [0.1, 0.15) is 11.4 Å². The van der Waals surface area contributed by atoms with E-state index in [0.717, 1.165) is 10.8 Å². The Kier molecular flexibility index (Phi) is 7.96. The van der Waals surface area contributed by atoms with Crippen LogP contribution in [0.1, 0.15) is 31.9 Å². The number of fused-ring (bicyclic) bond motifs is 1. The van der Waals surface area contributed by atoms with E-state index < -0.39 is 17.9 Å². The van der Waals surface area contributed by atoms with Crippen LogP contribution < -0.4 is 0 Å². The topological polar surface area (TPSA) is 116 Å². The van der Waals surface area contributed by atoms with Gasteiger partial charge in [-0.15, -0.1) is 0 Å². The Morgan fingerprint density at radius 3 is 1.76 bits per heavy atom. The molecule has 0 bridgehead atoms. The largest absolute Gasteiger partial charge is 0.332 e. The van der Waals surface area contributed by atoms with Crippen molar-refractivity contribution in [1.29, 1.82) is 0 Å². The molecule has 0 amide bonds. The second-order valence-electron chi connectivity index (χ2n) is 6.96. The van der Waals surface area contributed by atoms with Gasteiger partial charge in [-0.05, 0) is 10.8 Å². The van der Waals surface area contributed by atoms with Crippen LogP contribution in [0.2, 0.25) is 0 Å². The van der Waals surface area contributed by atoms with Crippen molar-refractivity contribution in [3.8, 4) is 0 Å². The molecule has 0 saturated carbocycles. The zero-order chi connectivity index (χ0) is 24.5. The maximum absolute atomic E-state index is 11.6. The predicted molar refractivity (Wildman–Crippen MR) is 126 cm³/mol. The Bertz CT molecular complexity index is 1310. The SMILES string of the molecule is CC(=O)O/N=C(C(=N/OC(C)=O)/c1ccccc1)\C(=N\OC(C)=O)c1cccc2ccccc12. The molecule has 0 saturated heterocycles. The summed E-state index contributed by atoms with van der Waals surface area (Å²) in [6.07, 6.45) is 0. The van der Waals surface area contributed by atoms with E-state index in [1.54, 1.807) is 42.5 Å². The average molecular weight is 459 g/mol. The van der Waals surface area contributed by atoms with E-state index in [-0.39, 0.29) is 17.1 Å². The Hall–Kier alpha value is -4.66. The lowest BCUT2D eigenvalue weighted by molar-refractivity contribution is -0.142. The maximum atomic E-state index is 11.6. The molecule has 3 aromatic rings. The molecule has 172 valence electrons. The van der Waals surface area contributed by atoms with Crippen molar-refractivity contribution in [1.82, 2.24) is 0 Å². The lowest BCUT2D eigenvalue weighted by atomic mass is 9.94. The van der Waals surface area contributed by atoms with E-state index in [0.29, 0.717) is 11.1 Å². The first-order valence-electron chi connectivity index (χ1n) is 10.2. The van der Waals surface area contributed by atoms with Crippen LogP contribution in [0.4, 0.5) is 0 Å². The van der Waals surface area contributed by atoms with Crippen molar-refractivity contribution in [2.45, 2.75) is 20.8 Å². The first kappa shape index (κ1) is 24.0. The molecule has 9 nitrogen and oxygen atoms in total. The van der Waals surface area contributed by atoms with Gasteiger partial charge in [-0.1, -0.05) is 88.3 Å². The molecule has 0 unspecified atom stereocenters. The fourth-order valence-electron chi connectivity index (χ4n) is 3.01. The lowest BCUT2D eigenvalue weighted by Gasteiger charge is -2.13. The molecule has 0 heterocycles. The molecule has 0 fully saturated rings. The van der Waals surface area contributed by atoms with Gasteiger partial charge in [0.25, 0.3) is 0 Å². The Labute approximate surface area is 195 Å². The lowest BCUT2D eigenvalue weighted by Crippen LogP contribution is -2.28. The van der Waals surface area contributed by atoms with Crippen molar-refractivity contribution in [3.63, 3.8) is 0 Å². The third kappa shape index (κ3) is 6.19. The van der Waals surface area contributed by atoms with Crippen molar-refractivity contribution in [2.75, 3.05) is 0 Å². The smallest absolute Gasteiger partial charge is 0.318 e. The Balaban J connectivity index is 2.33. The van der Waals surface area contributed by atoms with Crippen LogP contribution in [0.5, 0.6) is 0 Å². The van der Waals surface area contributed by atoms with E-state index in [1.165, 1.54) is 20.8 Å². The fourth-order valence-corrected chi connectivity index (χ4v) is 3.01. The molecule has 9 heteroatoms. The highest BCUT2D eigenvalue weighted by atomic mass is 16.7. The zero-order valence-corrected chi connectivity index (χ0v) is 18.7. The molecular weight excluding hydrogens is 438 g/mol. The van der Waals surface area contributed by atoms with Crippen molar-refractivity contribution in [2.24, 2.45) is 15.5 Å². The number of carbonyl (C=O) groups is 3. The van der Waals surface area contributed by atoms with Gasteiger partial charge in [-0.2, -0.15) is 0 Å². The van der Waals surface area contributed by atoms with E-state index in [4.69, 9.17) is 14.5 Å². The van der Waals surface area contributed by atoms with Crippen LogP contribution in [0.3, 0.4) is 0 Å². The summed E-state index contributed by atoms with van der Waals surface area (Å²) in [4.78, 5) is 49.6. The molecule has 3 aromatic carbocycles. The second kappa shape index (κ2) is 11.3. The number of hydrogen-bond acceptors (Lipinski definition) is 9. The van der Waals surface area contributed by atoms with Crippen LogP contribution in [-0.4, -0.2) is 35.0 Å². The summed E-state index contributed by atoms with van der Waals surface area (Å²) in [6.45, 7) is 3.55. The highest BCUT2D eigenvalue weighted by Gasteiger charge is 2.25. The molecule has 0 N–H and O–H groups in total. The van der Waals surface area contributed by atoms with Gasteiger partial charge in [-0.25, -0.2) is 14.4 Å². The molecule has 0 spiro atoms. The van der Waals surface area contributed by atoms with Gasteiger partial charge in [0.2, 0.25) is 0 Å². The zero-order valence-electron chi connectivity index (χ0n) is 18.7. The van der Waals surface area contributed by atoms with Crippen molar-refractivity contribution in [3.05, 3.63) is 83.9 Å². The van der Waals surface area contributed by atoms with Gasteiger partial charge in [-0.3, -0.25) is 0 Å². The van der Waals surface area contributed by atoms with Gasteiger partial charge in [0.05, 0.1) is 0 Å². The minimum absolute atomic E-state index is 0.0240. The van der Waals surface area contributed by atoms with Crippen LogP contribution >= 0.6 is 0 Å². The molecular formula is C25H21N3O6. The van der Waals surface area contributed by atoms with E-state index >= 15 is 0 Å². The first-order valence-corrected chi connectivity index (χ1v) is 10.2. The quantitative estimate of drug-likeness (QED) is 0.300. The standard InChI is InChI=1S/C25H21N3O6/c1-16(29)32-26-23(20-11-5-4-6-12-20)25(28-34-18(3)31)24(27-33-17(2)30)22-15-9-13-19-10-7-8-14-21(19)22/h4-15H,1-3H3/b26-23+,27-24+,28-25-. The maximum Gasteiger partial charge on any atom is 0.332 e. The molecule has 0 aliphatic carbocycles. The van der Waals surface area contributed by atoms with Gasteiger partial charge < -0.3 is 14.5 Å². The molecule has 0 aliphatic rings. The van der Waals surface area contributed by atoms with E-state index in [1.807, 2.05) is 30.3 Å². The summed E-state index contributed by atoms with van der Waals surface area (Å²) in [7, 11) is 0. The summed E-state index contributed by atoms with van der Waals surface area (Å²) in [5, 5.41) is 13.6. The number of carbonyl (C=O) groups excluding carboxylic acids is 3. The minimum atomic E-state index is -0.706. The summed E-state index contributed by atoms with van der Waals surface area (Å²) in [5.41, 5.74) is 0.946. The van der Waals surface area contributed by atoms with E-state index in [9.17, 15) is 14.4 Å². The Morgan fingerprint density at radius 2 is 1.12 bits per heavy atom. The van der Waals surface area contributed by atoms with Crippen molar-refractivity contribution >= 4 is 45.8 Å². The van der Waals surface area contributed by atoms with E-state index in [2.05, 4.69) is 15.5 Å². The number of benzene rings is 3. The monoisotopic (exact) mass is 459 g/mol. The van der Waals surface area contributed by atoms with Crippen LogP contribution in [0.25, 0.3) is 10.8 Å². The van der Waals surface area contributed by atoms with Gasteiger partial charge in [0, 0.05) is 31.9 Å². The number of nitrogens with zero attached hydrogens (tertiary/aromatic N) is 3.